The quantitative estimate of drug-likeness (QED) is 0.213. The number of hydrogen-bond acceptors (Lipinski definition) is 9. The van der Waals surface area contributed by atoms with Crippen molar-refractivity contribution in [1.29, 1.82) is 0 Å². The predicted octanol–water partition coefficient (Wildman–Crippen LogP) is 3.75. The van der Waals surface area contributed by atoms with Gasteiger partial charge in [0.2, 0.25) is 10.0 Å². The molecule has 0 saturated carbocycles. The van der Waals surface area contributed by atoms with E-state index in [1.807, 2.05) is 37.2 Å². The monoisotopic (exact) mass is 601 g/mol. The van der Waals surface area contributed by atoms with E-state index in [0.717, 1.165) is 23.9 Å². The lowest BCUT2D eigenvalue weighted by Crippen LogP contribution is -2.21. The first-order chi connectivity index (χ1) is 20.6. The fourth-order valence-corrected chi connectivity index (χ4v) is 5.00. The fraction of sp³-hybridized carbons (Fsp3) is 0.207. The molecule has 220 valence electrons. The molecular weight excluding hydrogens is 573 g/mol. The van der Waals surface area contributed by atoms with Crippen LogP contribution in [-0.2, 0) is 16.6 Å². The van der Waals surface area contributed by atoms with Crippen LogP contribution in [0.15, 0.2) is 61.1 Å². The Morgan fingerprint density at radius 3 is 2.63 bits per heavy atom. The molecule has 3 N–H and O–H groups in total. The highest BCUT2D eigenvalue weighted by molar-refractivity contribution is 7.88. The molecule has 1 aromatic carbocycles. The van der Waals surface area contributed by atoms with Crippen molar-refractivity contribution in [2.75, 3.05) is 33.5 Å². The van der Waals surface area contributed by atoms with E-state index in [9.17, 15) is 12.8 Å². The van der Waals surface area contributed by atoms with Gasteiger partial charge in [-0.25, -0.2) is 27.5 Å². The molecule has 0 bridgehead atoms. The van der Waals surface area contributed by atoms with Crippen LogP contribution < -0.4 is 9.46 Å². The summed E-state index contributed by atoms with van der Waals surface area (Å²) in [6.07, 6.45) is 6.04. The SMILES string of the molecule is CN(C)CCOc1cncc(-c2ccc3[nH]nc(-c4nc5c(-c6cc(F)cc(CNS(C)(=O)=O)c6)nccc5[nH]4)c3n2)c1. The minimum Gasteiger partial charge on any atom is -0.491 e. The molecule has 14 heteroatoms. The van der Waals surface area contributed by atoms with Gasteiger partial charge < -0.3 is 14.6 Å². The van der Waals surface area contributed by atoms with E-state index in [1.165, 1.54) is 12.1 Å². The Morgan fingerprint density at radius 2 is 1.81 bits per heavy atom. The Morgan fingerprint density at radius 1 is 0.977 bits per heavy atom. The molecule has 0 fully saturated rings. The van der Waals surface area contributed by atoms with E-state index in [1.54, 1.807) is 30.7 Å². The zero-order valence-electron chi connectivity index (χ0n) is 23.6. The molecule has 5 heterocycles. The summed E-state index contributed by atoms with van der Waals surface area (Å²) in [5.74, 6) is 0.585. The Labute approximate surface area is 246 Å². The highest BCUT2D eigenvalue weighted by Gasteiger charge is 2.18. The third-order valence-corrected chi connectivity index (χ3v) is 7.29. The van der Waals surface area contributed by atoms with E-state index in [-0.39, 0.29) is 6.54 Å². The third-order valence-electron chi connectivity index (χ3n) is 6.62. The van der Waals surface area contributed by atoms with Crippen molar-refractivity contribution in [2.45, 2.75) is 6.54 Å². The van der Waals surface area contributed by atoms with Crippen LogP contribution in [-0.4, -0.2) is 81.9 Å². The smallest absolute Gasteiger partial charge is 0.209 e. The number of fused-ring (bicyclic) bond motifs is 2. The molecule has 5 aromatic heterocycles. The Hall–Kier alpha value is -4.79. The molecule has 0 amide bonds. The fourth-order valence-electron chi connectivity index (χ4n) is 4.57. The summed E-state index contributed by atoms with van der Waals surface area (Å²) in [6, 6.07) is 11.7. The highest BCUT2D eigenvalue weighted by Crippen LogP contribution is 2.32. The number of rotatable bonds is 10. The second-order valence-corrected chi connectivity index (χ2v) is 12.1. The van der Waals surface area contributed by atoms with E-state index in [4.69, 9.17) is 14.7 Å². The Balaban J connectivity index is 1.35. The molecule has 6 aromatic rings. The molecule has 0 atom stereocenters. The number of aromatic nitrogens is 7. The normalized spacial score (nSPS) is 12.0. The van der Waals surface area contributed by atoms with Gasteiger partial charge in [0.1, 0.15) is 29.2 Å². The standard InChI is InChI=1S/C29H28FN9O3S/c1-39(2)8-9-42-21-13-19(15-31-16-21)22-4-5-24-27(34-22)28(38-37-24)29-35-23-6-7-32-25(26(23)36-29)18-10-17(11-20(30)12-18)14-33-43(3,40)41/h4-7,10-13,15-16,33H,8-9,14H2,1-3H3,(H,35,36)(H,37,38). The van der Waals surface area contributed by atoms with E-state index in [0.29, 0.717) is 62.9 Å². The number of benzene rings is 1. The van der Waals surface area contributed by atoms with Crippen LogP contribution >= 0.6 is 0 Å². The molecule has 0 radical (unpaired) electrons. The Kier molecular flexibility index (Phi) is 7.56. The van der Waals surface area contributed by atoms with Gasteiger partial charge in [0.15, 0.2) is 11.5 Å². The number of hydrogen-bond donors (Lipinski definition) is 3. The van der Waals surface area contributed by atoms with Crippen molar-refractivity contribution in [1.82, 2.24) is 44.7 Å². The topological polar surface area (TPSA) is 155 Å². The van der Waals surface area contributed by atoms with Gasteiger partial charge in [-0.2, -0.15) is 5.10 Å². The number of nitrogens with zero attached hydrogens (tertiary/aromatic N) is 6. The minimum atomic E-state index is -3.45. The van der Waals surface area contributed by atoms with Crippen molar-refractivity contribution in [2.24, 2.45) is 0 Å². The number of sulfonamides is 1. The maximum absolute atomic E-state index is 14.6. The van der Waals surface area contributed by atoms with Crippen LogP contribution in [0.1, 0.15) is 5.56 Å². The van der Waals surface area contributed by atoms with Gasteiger partial charge in [0.05, 0.1) is 34.9 Å². The zero-order valence-corrected chi connectivity index (χ0v) is 24.4. The summed E-state index contributed by atoms with van der Waals surface area (Å²) in [5.41, 5.74) is 5.82. The van der Waals surface area contributed by atoms with Gasteiger partial charge in [-0.1, -0.05) is 0 Å². The largest absolute Gasteiger partial charge is 0.491 e. The average molecular weight is 602 g/mol. The molecule has 0 aliphatic carbocycles. The van der Waals surface area contributed by atoms with Gasteiger partial charge in [0, 0.05) is 36.6 Å². The van der Waals surface area contributed by atoms with E-state index < -0.39 is 15.8 Å². The number of nitrogens with one attached hydrogen (secondary N) is 3. The van der Waals surface area contributed by atoms with Crippen LogP contribution in [0.3, 0.4) is 0 Å². The summed E-state index contributed by atoms with van der Waals surface area (Å²) in [4.78, 5) is 23.8. The summed E-state index contributed by atoms with van der Waals surface area (Å²) in [5, 5.41) is 7.48. The summed E-state index contributed by atoms with van der Waals surface area (Å²) >= 11 is 0. The number of halogens is 1. The lowest BCUT2D eigenvalue weighted by Gasteiger charge is -2.11. The lowest BCUT2D eigenvalue weighted by atomic mass is 10.1. The molecule has 43 heavy (non-hydrogen) atoms. The first-order valence-corrected chi connectivity index (χ1v) is 15.2. The number of aromatic amines is 2. The lowest BCUT2D eigenvalue weighted by molar-refractivity contribution is 0.261. The average Bonchev–Trinajstić information content (AvgIpc) is 3.59. The van der Waals surface area contributed by atoms with Crippen LogP contribution in [0.5, 0.6) is 5.75 Å². The molecule has 0 spiro atoms. The summed E-state index contributed by atoms with van der Waals surface area (Å²) < 4.78 is 45.9. The summed E-state index contributed by atoms with van der Waals surface area (Å²) in [7, 11) is 0.520. The maximum atomic E-state index is 14.6. The second-order valence-electron chi connectivity index (χ2n) is 10.3. The first kappa shape index (κ1) is 28.3. The van der Waals surface area contributed by atoms with Crippen LogP contribution in [0, 0.1) is 5.82 Å². The molecule has 0 aliphatic rings. The second kappa shape index (κ2) is 11.5. The van der Waals surface area contributed by atoms with Gasteiger partial charge in [0.25, 0.3) is 0 Å². The zero-order chi connectivity index (χ0) is 30.1. The molecule has 12 nitrogen and oxygen atoms in total. The van der Waals surface area contributed by atoms with Gasteiger partial charge in [-0.15, -0.1) is 0 Å². The molecule has 0 saturated heterocycles. The van der Waals surface area contributed by atoms with Crippen molar-refractivity contribution < 1.29 is 17.5 Å². The Bertz CT molecular complexity index is 2060. The van der Waals surface area contributed by atoms with Crippen molar-refractivity contribution in [3.05, 3.63) is 72.4 Å². The van der Waals surface area contributed by atoms with E-state index in [2.05, 4.69) is 29.9 Å². The molecule has 0 unspecified atom stereocenters. The van der Waals surface area contributed by atoms with Crippen molar-refractivity contribution in [3.63, 3.8) is 0 Å². The number of pyridine rings is 3. The van der Waals surface area contributed by atoms with E-state index >= 15 is 0 Å². The number of likely N-dealkylation sites (N-methyl/N-ethyl adjacent to an activating group) is 1. The number of imidazole rings is 1. The van der Waals surface area contributed by atoms with Crippen LogP contribution in [0.2, 0.25) is 0 Å². The van der Waals surface area contributed by atoms with Crippen molar-refractivity contribution >= 4 is 32.1 Å². The molecule has 0 aliphatic heterocycles. The summed E-state index contributed by atoms with van der Waals surface area (Å²) in [6.45, 7) is 1.26. The minimum absolute atomic E-state index is 0.0563. The molecular formula is C29H28FN9O3S. The van der Waals surface area contributed by atoms with Gasteiger partial charge in [-0.3, -0.25) is 15.1 Å². The third kappa shape index (κ3) is 6.35. The molecule has 6 rings (SSSR count). The maximum Gasteiger partial charge on any atom is 0.209 e. The number of H-pyrrole nitrogens is 2. The van der Waals surface area contributed by atoms with Gasteiger partial charge in [-0.05, 0) is 62.1 Å². The van der Waals surface area contributed by atoms with Gasteiger partial charge >= 0.3 is 0 Å². The predicted molar refractivity (Wildman–Crippen MR) is 161 cm³/mol. The van der Waals surface area contributed by atoms with Crippen LogP contribution in [0.25, 0.3) is 56.1 Å². The van der Waals surface area contributed by atoms with Crippen molar-refractivity contribution in [3.8, 4) is 39.8 Å². The highest BCUT2D eigenvalue weighted by atomic mass is 32.2. The van der Waals surface area contributed by atoms with Crippen LogP contribution in [0.4, 0.5) is 4.39 Å². The first-order valence-electron chi connectivity index (χ1n) is 13.3. The number of ether oxygens (including phenoxy) is 1.